The van der Waals surface area contributed by atoms with E-state index in [1.165, 1.54) is 16.8 Å². The van der Waals surface area contributed by atoms with E-state index in [2.05, 4.69) is 11.2 Å². The molecule has 0 amide bonds. The molecular weight excluding hydrogens is 330 g/mol. The van der Waals surface area contributed by atoms with Crippen LogP contribution in [0.3, 0.4) is 0 Å². The number of nitriles is 1. The average Bonchev–Trinajstić information content (AvgIpc) is 2.54. The maximum Gasteiger partial charge on any atom is 0.266 e. The molecular formula is C17H16ClN3O3. The minimum absolute atomic E-state index is 0.232. The monoisotopic (exact) mass is 345 g/mol. The van der Waals surface area contributed by atoms with Gasteiger partial charge in [-0.05, 0) is 32.0 Å². The molecule has 124 valence electrons. The van der Waals surface area contributed by atoms with Crippen LogP contribution in [0, 0.1) is 11.3 Å². The van der Waals surface area contributed by atoms with Gasteiger partial charge in [0.05, 0.1) is 11.6 Å². The molecule has 1 aliphatic rings. The summed E-state index contributed by atoms with van der Waals surface area (Å²) < 4.78 is 13.1. The fourth-order valence-corrected chi connectivity index (χ4v) is 2.82. The second-order valence-electron chi connectivity index (χ2n) is 6.14. The third kappa shape index (κ3) is 2.83. The summed E-state index contributed by atoms with van der Waals surface area (Å²) >= 11 is 6.59. The molecule has 24 heavy (non-hydrogen) atoms. The molecule has 2 heterocycles. The van der Waals surface area contributed by atoms with Crippen LogP contribution in [0.4, 0.5) is 0 Å². The maximum absolute atomic E-state index is 11.5. The van der Waals surface area contributed by atoms with Crippen molar-refractivity contribution in [1.82, 2.24) is 9.78 Å². The number of nitrogens with zero attached hydrogens (tertiary/aromatic N) is 3. The van der Waals surface area contributed by atoms with Gasteiger partial charge in [-0.15, -0.1) is 16.7 Å². The average molecular weight is 346 g/mol. The van der Waals surface area contributed by atoms with Gasteiger partial charge in [0.15, 0.2) is 0 Å². The Morgan fingerprint density at radius 3 is 2.79 bits per heavy atom. The first-order chi connectivity index (χ1) is 11.3. The van der Waals surface area contributed by atoms with Crippen molar-refractivity contribution in [2.75, 3.05) is 0 Å². The van der Waals surface area contributed by atoms with Crippen LogP contribution in [0.15, 0.2) is 35.1 Å². The van der Waals surface area contributed by atoms with Crippen molar-refractivity contribution in [1.29, 1.82) is 5.26 Å². The van der Waals surface area contributed by atoms with E-state index < -0.39 is 17.1 Å². The van der Waals surface area contributed by atoms with Gasteiger partial charge < -0.3 is 9.47 Å². The number of hydrogen-bond donors (Lipinski definition) is 0. The van der Waals surface area contributed by atoms with E-state index in [0.29, 0.717) is 16.9 Å². The highest BCUT2D eigenvalue weighted by Gasteiger charge is 2.44. The predicted octanol–water partition coefficient (Wildman–Crippen LogP) is 2.55. The third-order valence-corrected chi connectivity index (χ3v) is 4.69. The minimum Gasteiger partial charge on any atom is -0.486 e. The lowest BCUT2D eigenvalue weighted by Crippen LogP contribution is -2.47. The number of alkyl halides is 1. The third-order valence-electron chi connectivity index (χ3n) is 3.93. The summed E-state index contributed by atoms with van der Waals surface area (Å²) in [5, 5.41) is 12.7. The molecule has 0 saturated heterocycles. The Morgan fingerprint density at radius 1 is 1.38 bits per heavy atom. The highest BCUT2D eigenvalue weighted by atomic mass is 35.5. The summed E-state index contributed by atoms with van der Waals surface area (Å²) in [5.74, 6) is 0.893. The Labute approximate surface area is 144 Å². The Kier molecular flexibility index (Phi) is 3.98. The van der Waals surface area contributed by atoms with Crippen LogP contribution >= 0.6 is 11.6 Å². The number of hydrogen-bond acceptors (Lipinski definition) is 5. The molecule has 0 aliphatic carbocycles. The first kappa shape index (κ1) is 16.3. The van der Waals surface area contributed by atoms with Crippen LogP contribution in [0.1, 0.15) is 31.1 Å². The first-order valence-corrected chi connectivity index (χ1v) is 7.83. The lowest BCUT2D eigenvalue weighted by molar-refractivity contribution is 0.0250. The molecule has 0 fully saturated rings. The van der Waals surface area contributed by atoms with Crippen molar-refractivity contribution in [2.45, 2.75) is 30.9 Å². The highest BCUT2D eigenvalue weighted by molar-refractivity contribution is 6.22. The maximum atomic E-state index is 11.5. The van der Waals surface area contributed by atoms with Crippen LogP contribution in [-0.2, 0) is 7.05 Å². The normalized spacial score (nSPS) is 21.3. The van der Waals surface area contributed by atoms with E-state index in [4.69, 9.17) is 26.3 Å². The van der Waals surface area contributed by atoms with E-state index in [-0.39, 0.29) is 11.4 Å². The van der Waals surface area contributed by atoms with Crippen LogP contribution in [0.5, 0.6) is 11.6 Å². The summed E-state index contributed by atoms with van der Waals surface area (Å²) in [4.78, 5) is 11.5. The van der Waals surface area contributed by atoms with Crippen molar-refractivity contribution in [3.8, 4) is 17.7 Å². The zero-order chi connectivity index (χ0) is 17.5. The van der Waals surface area contributed by atoms with Crippen molar-refractivity contribution < 1.29 is 9.47 Å². The highest BCUT2D eigenvalue weighted by Crippen LogP contribution is 2.44. The molecule has 0 saturated carbocycles. The number of fused-ring (bicyclic) bond motifs is 1. The van der Waals surface area contributed by atoms with Crippen molar-refractivity contribution >= 4 is 11.6 Å². The zero-order valence-corrected chi connectivity index (χ0v) is 14.2. The molecule has 0 N–H and O–H groups in total. The van der Waals surface area contributed by atoms with Gasteiger partial charge in [-0.25, -0.2) is 4.68 Å². The van der Waals surface area contributed by atoms with Gasteiger partial charge in [-0.1, -0.05) is 0 Å². The Bertz CT molecular complexity index is 885. The van der Waals surface area contributed by atoms with E-state index >= 15 is 0 Å². The Hall–Kier alpha value is -2.52. The van der Waals surface area contributed by atoms with E-state index in [0.717, 1.165) is 0 Å². The number of benzene rings is 1. The summed E-state index contributed by atoms with van der Waals surface area (Å²) in [5.41, 5.74) is 0.268. The van der Waals surface area contributed by atoms with Gasteiger partial charge in [-0.3, -0.25) is 4.79 Å². The van der Waals surface area contributed by atoms with Crippen LogP contribution < -0.4 is 15.0 Å². The molecule has 0 spiro atoms. The van der Waals surface area contributed by atoms with Gasteiger partial charge in [0.2, 0.25) is 5.88 Å². The number of ether oxygens (including phenoxy) is 2. The summed E-state index contributed by atoms with van der Waals surface area (Å²) in [6.07, 6.45) is -0.566. The van der Waals surface area contributed by atoms with Crippen molar-refractivity contribution in [3.63, 3.8) is 0 Å². The number of halogens is 1. The molecule has 1 aromatic carbocycles. The predicted molar refractivity (Wildman–Crippen MR) is 88.4 cm³/mol. The molecule has 1 aliphatic heterocycles. The fourth-order valence-electron chi connectivity index (χ4n) is 2.59. The molecule has 0 unspecified atom stereocenters. The zero-order valence-electron chi connectivity index (χ0n) is 13.5. The molecule has 2 aromatic rings. The topological polar surface area (TPSA) is 77.1 Å². The molecule has 1 aromatic heterocycles. The Morgan fingerprint density at radius 2 is 2.12 bits per heavy atom. The molecule has 3 rings (SSSR count). The second kappa shape index (κ2) is 5.84. The summed E-state index contributed by atoms with van der Waals surface area (Å²) in [6, 6.07) is 10.1. The molecule has 0 bridgehead atoms. The molecule has 7 heteroatoms. The van der Waals surface area contributed by atoms with Gasteiger partial charge >= 0.3 is 0 Å². The quantitative estimate of drug-likeness (QED) is 0.782. The van der Waals surface area contributed by atoms with Gasteiger partial charge in [-0.2, -0.15) is 5.26 Å². The number of rotatable bonds is 2. The van der Waals surface area contributed by atoms with Crippen LogP contribution in [0.2, 0.25) is 0 Å². The van der Waals surface area contributed by atoms with Crippen molar-refractivity contribution in [3.05, 3.63) is 51.8 Å². The lowest BCUT2D eigenvalue weighted by atomic mass is 9.90. The standard InChI is InChI=1S/C17H16ClN3O3/c1-17(2)16(18)15(23-13-6-7-14(22)21(3)20-13)11-8-10(9-19)4-5-12(11)24-17/h4-8,15-16H,1-3H3/t15-,16-/m1/s1. The number of aromatic nitrogens is 2. The number of aryl methyl sites for hydroxylation is 1. The summed E-state index contributed by atoms with van der Waals surface area (Å²) in [6.45, 7) is 3.74. The van der Waals surface area contributed by atoms with Gasteiger partial charge in [0.25, 0.3) is 5.56 Å². The van der Waals surface area contributed by atoms with E-state index in [9.17, 15) is 4.79 Å². The van der Waals surface area contributed by atoms with E-state index in [1.54, 1.807) is 25.2 Å². The van der Waals surface area contributed by atoms with Crippen molar-refractivity contribution in [2.24, 2.45) is 7.05 Å². The molecule has 2 atom stereocenters. The summed E-state index contributed by atoms with van der Waals surface area (Å²) in [7, 11) is 1.54. The van der Waals surface area contributed by atoms with Crippen LogP contribution in [0.25, 0.3) is 0 Å². The van der Waals surface area contributed by atoms with Crippen LogP contribution in [-0.4, -0.2) is 20.8 Å². The second-order valence-corrected chi connectivity index (χ2v) is 6.61. The molecule has 0 radical (unpaired) electrons. The fraction of sp³-hybridized carbons (Fsp3) is 0.353. The van der Waals surface area contributed by atoms with Gasteiger partial charge in [0, 0.05) is 24.7 Å². The lowest BCUT2D eigenvalue weighted by Gasteiger charge is -2.41. The molecule has 6 nitrogen and oxygen atoms in total. The largest absolute Gasteiger partial charge is 0.486 e. The Balaban J connectivity index is 2.06. The van der Waals surface area contributed by atoms with Gasteiger partial charge in [0.1, 0.15) is 22.8 Å². The smallest absolute Gasteiger partial charge is 0.266 e. The SMILES string of the molecule is Cn1nc(O[C@@H]2c3cc(C#N)ccc3OC(C)(C)[C@@H]2Cl)ccc1=O. The minimum atomic E-state index is -0.673. The van der Waals surface area contributed by atoms with E-state index in [1.807, 2.05) is 13.8 Å². The first-order valence-electron chi connectivity index (χ1n) is 7.40.